The lowest BCUT2D eigenvalue weighted by Gasteiger charge is -2.45. The van der Waals surface area contributed by atoms with Crippen LogP contribution in [-0.2, 0) is 67.0 Å². The molecule has 0 radical (unpaired) electrons. The number of rotatable bonds is 14. The molecule has 0 amide bonds. The molecule has 0 aliphatic carbocycles. The Morgan fingerprint density at radius 3 is 1.80 bits per heavy atom. The van der Waals surface area contributed by atoms with Crippen LogP contribution in [0.5, 0.6) is 11.6 Å². The molecule has 16 heteroatoms. The lowest BCUT2D eigenvalue weighted by molar-refractivity contribution is -0.294. The molecule has 1 unspecified atom stereocenters. The quantitative estimate of drug-likeness (QED) is 0.0974. The molecule has 1 fully saturated rings. The molecule has 5 atom stereocenters. The normalized spacial score (nSPS) is 20.5. The fourth-order valence-corrected chi connectivity index (χ4v) is 5.90. The van der Waals surface area contributed by atoms with Gasteiger partial charge in [-0.05, 0) is 159 Å². The maximum absolute atomic E-state index is 14.0. The molecule has 2 N–H and O–H groups in total. The van der Waals surface area contributed by atoms with E-state index in [0.29, 0.717) is 49.1 Å². The monoisotopic (exact) mass is 899 g/mol. The number of aryl methyl sites for hydroxylation is 3. The first-order chi connectivity index (χ1) is 31.7. The molecule has 1 saturated heterocycles. The van der Waals surface area contributed by atoms with Gasteiger partial charge in [-0.15, -0.1) is 5.10 Å². The highest BCUT2D eigenvalue weighted by molar-refractivity contribution is 5.85. The van der Waals surface area contributed by atoms with Gasteiger partial charge >= 0.3 is 29.8 Å². The third kappa shape index (κ3) is 13.5. The Morgan fingerprint density at radius 2 is 1.25 bits per heavy atom. The summed E-state index contributed by atoms with van der Waals surface area (Å²) in [5.74, 6) is -3.56. The summed E-state index contributed by atoms with van der Waals surface area (Å²) >= 11 is 0. The van der Waals surface area contributed by atoms with Crippen molar-refractivity contribution in [1.82, 2.24) is 14.8 Å². The average Bonchev–Trinajstić information content (AvgIpc) is 3.65. The average molecular weight is 899 g/mol. The Hall–Kier alpha value is -5.09. The minimum atomic E-state index is -1.76. The summed E-state index contributed by atoms with van der Waals surface area (Å²) in [5.41, 5.74) is 1.77. The zero-order chi connectivity index (χ0) is 51.0. The molecule has 3 heterocycles. The zero-order valence-electron chi connectivity index (χ0n) is 43.2. The summed E-state index contributed by atoms with van der Waals surface area (Å²) in [6.45, 7) is 15.6. The fraction of sp³-hybridized carbons (Fsp3) is 0.646. The zero-order valence-corrected chi connectivity index (χ0v) is 39.2. The molecule has 3 aromatic rings. The second-order valence-electron chi connectivity index (χ2n) is 20.0. The van der Waals surface area contributed by atoms with Crippen molar-refractivity contribution in [2.45, 2.75) is 160 Å². The van der Waals surface area contributed by atoms with E-state index in [-0.39, 0.29) is 18.7 Å². The van der Waals surface area contributed by atoms with Gasteiger partial charge in [-0.1, -0.05) is 12.1 Å². The number of esters is 5. The maximum atomic E-state index is 14.0. The summed E-state index contributed by atoms with van der Waals surface area (Å²) < 4.78 is 76.7. The second-order valence-corrected chi connectivity index (χ2v) is 20.0. The van der Waals surface area contributed by atoms with Crippen LogP contribution < -0.4 is 15.2 Å². The molecular formula is C48H70N4O12. The van der Waals surface area contributed by atoms with Gasteiger partial charge in [0, 0.05) is 18.2 Å². The predicted molar refractivity (Wildman–Crippen MR) is 238 cm³/mol. The summed E-state index contributed by atoms with van der Waals surface area (Å²) in [7, 11) is 0. The maximum Gasteiger partial charge on any atom is 0.316 e. The SMILES string of the molecule is [2H]CC(C)(C)C(=O)OC[C@H]1OC(Oc2nn(CCCN)c3nccc(CCc4ccc(OC(=O)C(C)(C)C)cc4)c23)[C@H](OC(=O)C(C)(C)C[2H])[C@@H](OC(=O)C(C)(C)C[2H])[C@@H]1OC(=O)C(C)(C)C[2H]. The number of hydrogen-bond acceptors (Lipinski definition) is 15. The van der Waals surface area contributed by atoms with Crippen LogP contribution in [0.25, 0.3) is 11.0 Å². The molecule has 1 aromatic carbocycles. The highest BCUT2D eigenvalue weighted by atomic mass is 16.7. The van der Waals surface area contributed by atoms with Crippen molar-refractivity contribution in [3.05, 3.63) is 47.7 Å². The molecule has 1 aliphatic heterocycles. The minimum absolute atomic E-state index is 0.0382. The van der Waals surface area contributed by atoms with E-state index in [1.807, 2.05) is 12.1 Å². The van der Waals surface area contributed by atoms with Crippen LogP contribution in [0.15, 0.2) is 36.5 Å². The van der Waals surface area contributed by atoms with E-state index < -0.39 is 109 Å². The van der Waals surface area contributed by atoms with Gasteiger partial charge < -0.3 is 38.9 Å². The molecule has 0 saturated carbocycles. The van der Waals surface area contributed by atoms with E-state index in [9.17, 15) is 24.0 Å². The molecule has 64 heavy (non-hydrogen) atoms. The van der Waals surface area contributed by atoms with Crippen molar-refractivity contribution in [3.63, 3.8) is 0 Å². The van der Waals surface area contributed by atoms with E-state index in [1.165, 1.54) is 55.4 Å². The van der Waals surface area contributed by atoms with Gasteiger partial charge in [-0.3, -0.25) is 24.0 Å². The Labute approximate surface area is 383 Å². The van der Waals surface area contributed by atoms with Crippen LogP contribution in [-0.4, -0.2) is 88.5 Å². The predicted octanol–water partition coefficient (Wildman–Crippen LogP) is 7.08. The summed E-state index contributed by atoms with van der Waals surface area (Å²) in [4.78, 5) is 72.4. The summed E-state index contributed by atoms with van der Waals surface area (Å²) in [6.07, 6.45) is -5.37. The summed E-state index contributed by atoms with van der Waals surface area (Å²) in [6, 6.07) is 8.95. The molecule has 0 spiro atoms. The number of pyridine rings is 1. The Bertz CT molecular complexity index is 2240. The van der Waals surface area contributed by atoms with Gasteiger partial charge in [0.1, 0.15) is 18.5 Å². The van der Waals surface area contributed by atoms with Crippen molar-refractivity contribution >= 4 is 40.9 Å². The molecule has 2 aromatic heterocycles. The first-order valence-electron chi connectivity index (χ1n) is 24.1. The highest BCUT2D eigenvalue weighted by Crippen LogP contribution is 2.37. The standard InChI is InChI=1S/C48H70N4O12/c1-44(2,3)39(53)58-27-31-33(61-41(55)46(7,8)9)34(62-42(56)47(10,11)12)35(63-43(57)48(13,14)15)38(60-31)64-37-32-29(23-25-50-36(32)52(51-37)26-16-24-49)20-17-28-18-21-30(22-19-28)59-40(54)45(4,5)6/h18-19,21-23,25,31,33-35,38H,16-17,20,24,26-27,49H2,1-15H3/t31-,33-,34+,35-,38?/m1/s1/i1D,7D,10D,13D. The van der Waals surface area contributed by atoms with Crippen LogP contribution in [0.4, 0.5) is 0 Å². The van der Waals surface area contributed by atoms with Gasteiger partial charge in [-0.25, -0.2) is 9.67 Å². The van der Waals surface area contributed by atoms with Gasteiger partial charge in [0.25, 0.3) is 0 Å². The van der Waals surface area contributed by atoms with Crippen LogP contribution >= 0.6 is 0 Å². The number of fused-ring (bicyclic) bond motifs is 1. The van der Waals surface area contributed by atoms with E-state index in [0.717, 1.165) is 11.1 Å². The Balaban J connectivity index is 1.91. The topological polar surface area (TPSA) is 207 Å². The van der Waals surface area contributed by atoms with Crippen LogP contribution in [0.1, 0.15) is 127 Å². The van der Waals surface area contributed by atoms with E-state index >= 15 is 0 Å². The molecule has 1 aliphatic rings. The fourth-order valence-electron chi connectivity index (χ4n) is 5.90. The van der Waals surface area contributed by atoms with Gasteiger partial charge in [-0.2, -0.15) is 0 Å². The van der Waals surface area contributed by atoms with E-state index in [2.05, 4.69) is 4.98 Å². The lowest BCUT2D eigenvalue weighted by Crippen LogP contribution is -2.65. The number of carbonyl (C=O) groups excluding carboxylic acids is 5. The van der Waals surface area contributed by atoms with Gasteiger partial charge in [0.15, 0.2) is 17.9 Å². The number of benzene rings is 1. The van der Waals surface area contributed by atoms with Crippen LogP contribution in [0.2, 0.25) is 0 Å². The van der Waals surface area contributed by atoms with Crippen molar-refractivity contribution in [2.24, 2.45) is 32.8 Å². The third-order valence-electron chi connectivity index (χ3n) is 9.83. The summed E-state index contributed by atoms with van der Waals surface area (Å²) in [5, 5.41) is 5.25. The number of aromatic nitrogens is 3. The molecule has 16 nitrogen and oxygen atoms in total. The first-order valence-corrected chi connectivity index (χ1v) is 21.3. The van der Waals surface area contributed by atoms with Crippen molar-refractivity contribution in [1.29, 1.82) is 0 Å². The third-order valence-corrected chi connectivity index (χ3v) is 9.83. The van der Waals surface area contributed by atoms with Crippen molar-refractivity contribution in [2.75, 3.05) is 13.2 Å². The number of hydrogen-bond donors (Lipinski definition) is 1. The largest absolute Gasteiger partial charge is 0.462 e. The van der Waals surface area contributed by atoms with E-state index in [1.54, 1.807) is 49.8 Å². The minimum Gasteiger partial charge on any atom is -0.462 e. The number of nitrogens with zero attached hydrogens (tertiary/aromatic N) is 3. The highest BCUT2D eigenvalue weighted by Gasteiger charge is 2.56. The Kier molecular flexibility index (Phi) is 14.2. The van der Waals surface area contributed by atoms with Crippen LogP contribution in [0.3, 0.4) is 0 Å². The van der Waals surface area contributed by atoms with Crippen molar-refractivity contribution < 1.29 is 62.6 Å². The lowest BCUT2D eigenvalue weighted by atomic mass is 9.93. The molecule has 0 bridgehead atoms. The molecule has 354 valence electrons. The van der Waals surface area contributed by atoms with Crippen LogP contribution in [0, 0.1) is 27.1 Å². The van der Waals surface area contributed by atoms with Gasteiger partial charge in [0.05, 0.1) is 32.5 Å². The molecular weight excluding hydrogens is 825 g/mol. The number of carbonyl (C=O) groups is 5. The van der Waals surface area contributed by atoms with Crippen molar-refractivity contribution in [3.8, 4) is 11.6 Å². The number of ether oxygens (including phenoxy) is 7. The first kappa shape index (κ1) is 45.5. The van der Waals surface area contributed by atoms with Gasteiger partial charge in [0.2, 0.25) is 18.3 Å². The van der Waals surface area contributed by atoms with E-state index in [4.69, 9.17) is 49.5 Å². The Morgan fingerprint density at radius 1 is 0.703 bits per heavy atom. The second kappa shape index (κ2) is 20.0. The number of nitrogens with two attached hydrogens (primary N) is 1. The molecule has 4 rings (SSSR count). The smallest absolute Gasteiger partial charge is 0.316 e.